The lowest BCUT2D eigenvalue weighted by molar-refractivity contribution is 0.762. The maximum atomic E-state index is 6.08. The van der Waals surface area contributed by atoms with Crippen molar-refractivity contribution in [1.29, 1.82) is 0 Å². The Labute approximate surface area is 98.5 Å². The first-order valence-corrected chi connectivity index (χ1v) is 5.43. The smallest absolute Gasteiger partial charge is 0.0953 e. The van der Waals surface area contributed by atoms with E-state index in [4.69, 9.17) is 23.2 Å². The summed E-state index contributed by atoms with van der Waals surface area (Å²) in [4.78, 5) is 4.28. The van der Waals surface area contributed by atoms with Crippen molar-refractivity contribution in [1.82, 2.24) is 9.55 Å². The fourth-order valence-corrected chi connectivity index (χ4v) is 1.87. The molecule has 0 saturated carbocycles. The SMILES string of the molecule is CCn1cnc(-c2ccc(Cl)cc2Cl)c1. The Morgan fingerprint density at radius 1 is 1.33 bits per heavy atom. The summed E-state index contributed by atoms with van der Waals surface area (Å²) in [6, 6.07) is 5.42. The summed E-state index contributed by atoms with van der Waals surface area (Å²) >= 11 is 11.9. The molecule has 1 aromatic heterocycles. The number of nitrogens with zero attached hydrogens (tertiary/aromatic N) is 2. The van der Waals surface area contributed by atoms with Gasteiger partial charge in [0.25, 0.3) is 0 Å². The van der Waals surface area contributed by atoms with Crippen LogP contribution in [0.1, 0.15) is 6.92 Å². The van der Waals surface area contributed by atoms with E-state index in [2.05, 4.69) is 11.9 Å². The molecular weight excluding hydrogens is 231 g/mol. The molecule has 0 aliphatic carbocycles. The van der Waals surface area contributed by atoms with Crippen molar-refractivity contribution in [2.75, 3.05) is 0 Å². The van der Waals surface area contributed by atoms with Crippen LogP contribution in [0.4, 0.5) is 0 Å². The molecular formula is C11H10Cl2N2. The average Bonchev–Trinajstić information content (AvgIpc) is 2.66. The fourth-order valence-electron chi connectivity index (χ4n) is 1.37. The molecule has 0 radical (unpaired) electrons. The van der Waals surface area contributed by atoms with E-state index in [1.165, 1.54) is 0 Å². The molecule has 0 saturated heterocycles. The minimum atomic E-state index is 0.629. The van der Waals surface area contributed by atoms with Crippen molar-refractivity contribution < 1.29 is 0 Å². The second kappa shape index (κ2) is 4.25. The third kappa shape index (κ3) is 2.16. The molecule has 2 aromatic rings. The topological polar surface area (TPSA) is 17.8 Å². The molecule has 0 spiro atoms. The van der Waals surface area contributed by atoms with Crippen LogP contribution in [0.5, 0.6) is 0 Å². The van der Waals surface area contributed by atoms with E-state index in [-0.39, 0.29) is 0 Å². The van der Waals surface area contributed by atoms with E-state index in [0.29, 0.717) is 10.0 Å². The van der Waals surface area contributed by atoms with Gasteiger partial charge in [0.05, 0.1) is 17.0 Å². The number of benzene rings is 1. The molecule has 0 unspecified atom stereocenters. The minimum Gasteiger partial charge on any atom is -0.337 e. The zero-order valence-corrected chi connectivity index (χ0v) is 9.76. The van der Waals surface area contributed by atoms with Gasteiger partial charge in [-0.15, -0.1) is 0 Å². The quantitative estimate of drug-likeness (QED) is 0.780. The maximum absolute atomic E-state index is 6.08. The van der Waals surface area contributed by atoms with E-state index in [1.807, 2.05) is 22.9 Å². The predicted molar refractivity (Wildman–Crippen MR) is 63.4 cm³/mol. The Hall–Kier alpha value is -0.990. The summed E-state index contributed by atoms with van der Waals surface area (Å²) in [5.74, 6) is 0. The van der Waals surface area contributed by atoms with Gasteiger partial charge in [-0.2, -0.15) is 0 Å². The molecule has 0 N–H and O–H groups in total. The number of halogens is 2. The second-order valence-electron chi connectivity index (χ2n) is 3.21. The van der Waals surface area contributed by atoms with Crippen molar-refractivity contribution in [3.05, 3.63) is 40.8 Å². The number of aromatic nitrogens is 2. The number of aryl methyl sites for hydroxylation is 1. The first kappa shape index (κ1) is 10.5. The molecule has 0 fully saturated rings. The predicted octanol–water partition coefficient (Wildman–Crippen LogP) is 3.88. The number of imidazole rings is 1. The Bertz CT molecular complexity index is 477. The van der Waals surface area contributed by atoms with Crippen LogP contribution < -0.4 is 0 Å². The van der Waals surface area contributed by atoms with Crippen LogP contribution in [-0.4, -0.2) is 9.55 Å². The highest BCUT2D eigenvalue weighted by molar-refractivity contribution is 6.36. The van der Waals surface area contributed by atoms with Crippen LogP contribution in [0.2, 0.25) is 10.0 Å². The number of rotatable bonds is 2. The summed E-state index contributed by atoms with van der Waals surface area (Å²) < 4.78 is 2.00. The van der Waals surface area contributed by atoms with Gasteiger partial charge >= 0.3 is 0 Å². The molecule has 4 heteroatoms. The molecule has 0 amide bonds. The van der Waals surface area contributed by atoms with E-state index >= 15 is 0 Å². The number of hydrogen-bond acceptors (Lipinski definition) is 1. The highest BCUT2D eigenvalue weighted by Gasteiger charge is 2.06. The standard InChI is InChI=1S/C11H10Cl2N2/c1-2-15-6-11(14-7-15)9-4-3-8(12)5-10(9)13/h3-7H,2H2,1H3. The van der Waals surface area contributed by atoms with Crippen molar-refractivity contribution in [2.24, 2.45) is 0 Å². The molecule has 15 heavy (non-hydrogen) atoms. The minimum absolute atomic E-state index is 0.629. The van der Waals surface area contributed by atoms with Gasteiger partial charge in [0.1, 0.15) is 0 Å². The van der Waals surface area contributed by atoms with E-state index in [1.54, 1.807) is 12.4 Å². The summed E-state index contributed by atoms with van der Waals surface area (Å²) in [7, 11) is 0. The van der Waals surface area contributed by atoms with Crippen LogP contribution in [-0.2, 0) is 6.54 Å². The maximum Gasteiger partial charge on any atom is 0.0953 e. The van der Waals surface area contributed by atoms with Crippen LogP contribution in [0, 0.1) is 0 Å². The summed E-state index contributed by atoms with van der Waals surface area (Å²) in [5, 5.41) is 1.27. The highest BCUT2D eigenvalue weighted by Crippen LogP contribution is 2.28. The highest BCUT2D eigenvalue weighted by atomic mass is 35.5. The van der Waals surface area contributed by atoms with Gasteiger partial charge in [0.2, 0.25) is 0 Å². The average molecular weight is 241 g/mol. The molecule has 0 bridgehead atoms. The van der Waals surface area contributed by atoms with Crippen molar-refractivity contribution >= 4 is 23.2 Å². The lowest BCUT2D eigenvalue weighted by atomic mass is 10.2. The largest absolute Gasteiger partial charge is 0.337 e. The lowest BCUT2D eigenvalue weighted by Gasteiger charge is -2.00. The van der Waals surface area contributed by atoms with Gasteiger partial charge in [-0.25, -0.2) is 4.98 Å². The van der Waals surface area contributed by atoms with Crippen molar-refractivity contribution in [3.63, 3.8) is 0 Å². The van der Waals surface area contributed by atoms with Gasteiger partial charge in [-0.05, 0) is 25.1 Å². The van der Waals surface area contributed by atoms with Crippen molar-refractivity contribution in [3.8, 4) is 11.3 Å². The Balaban J connectivity index is 2.44. The van der Waals surface area contributed by atoms with Crippen molar-refractivity contribution in [2.45, 2.75) is 13.5 Å². The van der Waals surface area contributed by atoms with Crippen LogP contribution in [0.25, 0.3) is 11.3 Å². The normalized spacial score (nSPS) is 10.6. The van der Waals surface area contributed by atoms with Crippen LogP contribution in [0.15, 0.2) is 30.7 Å². The monoisotopic (exact) mass is 240 g/mol. The van der Waals surface area contributed by atoms with Gasteiger partial charge in [-0.1, -0.05) is 23.2 Å². The van der Waals surface area contributed by atoms with Gasteiger partial charge < -0.3 is 4.57 Å². The molecule has 78 valence electrons. The molecule has 1 heterocycles. The third-order valence-corrected chi connectivity index (χ3v) is 2.75. The molecule has 1 aromatic carbocycles. The van der Waals surface area contributed by atoms with Crippen LogP contribution in [0.3, 0.4) is 0 Å². The second-order valence-corrected chi connectivity index (χ2v) is 4.06. The third-order valence-electron chi connectivity index (χ3n) is 2.21. The van der Waals surface area contributed by atoms with Gasteiger partial charge in [0.15, 0.2) is 0 Å². The van der Waals surface area contributed by atoms with Gasteiger partial charge in [0, 0.05) is 23.3 Å². The molecule has 0 atom stereocenters. The Kier molecular flexibility index (Phi) is 2.98. The van der Waals surface area contributed by atoms with E-state index in [9.17, 15) is 0 Å². The Morgan fingerprint density at radius 3 is 2.73 bits per heavy atom. The lowest BCUT2D eigenvalue weighted by Crippen LogP contribution is -1.86. The Morgan fingerprint density at radius 2 is 2.13 bits per heavy atom. The number of hydrogen-bond donors (Lipinski definition) is 0. The summed E-state index contributed by atoms with van der Waals surface area (Å²) in [6.45, 7) is 2.97. The van der Waals surface area contributed by atoms with Crippen LogP contribution >= 0.6 is 23.2 Å². The van der Waals surface area contributed by atoms with E-state index < -0.39 is 0 Å². The fraction of sp³-hybridized carbons (Fsp3) is 0.182. The molecule has 0 aliphatic heterocycles. The van der Waals surface area contributed by atoms with E-state index in [0.717, 1.165) is 17.8 Å². The molecule has 2 nitrogen and oxygen atoms in total. The summed E-state index contributed by atoms with van der Waals surface area (Å²) in [6.07, 6.45) is 3.76. The first-order valence-electron chi connectivity index (χ1n) is 4.68. The molecule has 2 rings (SSSR count). The van der Waals surface area contributed by atoms with Gasteiger partial charge in [-0.3, -0.25) is 0 Å². The first-order chi connectivity index (χ1) is 7.20. The summed E-state index contributed by atoms with van der Waals surface area (Å²) in [5.41, 5.74) is 1.78. The zero-order chi connectivity index (χ0) is 10.8. The zero-order valence-electron chi connectivity index (χ0n) is 8.24. The molecule has 0 aliphatic rings.